The van der Waals surface area contributed by atoms with Crippen LogP contribution in [0.15, 0.2) is 12.1 Å². The highest BCUT2D eigenvalue weighted by Crippen LogP contribution is 2.54. The number of rotatable bonds is 7. The predicted molar refractivity (Wildman–Crippen MR) is 124 cm³/mol. The number of carbonyl (C=O) groups excluding carboxylic acids is 1. The zero-order chi connectivity index (χ0) is 24.3. The van der Waals surface area contributed by atoms with Crippen LogP contribution in [-0.4, -0.2) is 68.3 Å². The molecule has 184 valence electrons. The summed E-state index contributed by atoms with van der Waals surface area (Å²) < 4.78 is 40.0. The van der Waals surface area contributed by atoms with Crippen molar-refractivity contribution in [2.45, 2.75) is 32.6 Å². The van der Waals surface area contributed by atoms with Crippen molar-refractivity contribution >= 4 is 22.7 Å². The van der Waals surface area contributed by atoms with E-state index in [0.29, 0.717) is 30.1 Å². The van der Waals surface area contributed by atoms with Crippen LogP contribution in [0.3, 0.4) is 0 Å². The number of methoxy groups -OCH3 is 1. The SMILES string of the molecule is COC(=O)C1CC1(COc1nc(N2C[C@H]3CC[C@@](C)(C3)C2)c2cc(F)cc(F)c2n1)CN(C)C. The van der Waals surface area contributed by atoms with E-state index in [1.54, 1.807) is 0 Å². The minimum Gasteiger partial charge on any atom is -0.469 e. The van der Waals surface area contributed by atoms with E-state index in [2.05, 4.69) is 21.8 Å². The van der Waals surface area contributed by atoms with E-state index < -0.39 is 17.0 Å². The summed E-state index contributed by atoms with van der Waals surface area (Å²) in [5.41, 5.74) is -0.190. The third-order valence-electron chi connectivity index (χ3n) is 7.76. The standard InChI is InChI=1S/C25H32F2N4O3/c1-24-6-5-15(9-24)11-31(12-24)21-17-7-16(26)8-19(27)20(17)28-23(29-21)34-14-25(13-30(2)3)10-18(25)22(32)33-4/h7-8,15,18H,5-6,9-14H2,1-4H3/t15-,18?,24-,25?/m0/s1. The second-order valence-electron chi connectivity index (χ2n) is 11.1. The molecule has 2 unspecified atom stereocenters. The molecular weight excluding hydrogens is 442 g/mol. The van der Waals surface area contributed by atoms with Crippen molar-refractivity contribution in [3.8, 4) is 6.01 Å². The smallest absolute Gasteiger partial charge is 0.319 e. The van der Waals surface area contributed by atoms with Crippen LogP contribution in [0, 0.1) is 34.3 Å². The molecule has 1 aliphatic heterocycles. The predicted octanol–water partition coefficient (Wildman–Crippen LogP) is 3.65. The first-order valence-corrected chi connectivity index (χ1v) is 11.9. The first kappa shape index (κ1) is 23.2. The van der Waals surface area contributed by atoms with Crippen molar-refractivity contribution in [3.05, 3.63) is 23.8 Å². The summed E-state index contributed by atoms with van der Waals surface area (Å²) >= 11 is 0. The Bertz CT molecular complexity index is 1130. The quantitative estimate of drug-likeness (QED) is 0.568. The zero-order valence-corrected chi connectivity index (χ0v) is 20.2. The highest BCUT2D eigenvalue weighted by Gasteiger charge is 2.60. The molecule has 0 radical (unpaired) electrons. The highest BCUT2D eigenvalue weighted by molar-refractivity contribution is 5.90. The number of benzene rings is 1. The molecule has 2 aliphatic carbocycles. The van der Waals surface area contributed by atoms with E-state index >= 15 is 0 Å². The third kappa shape index (κ3) is 4.19. The van der Waals surface area contributed by atoms with Gasteiger partial charge in [-0.3, -0.25) is 4.79 Å². The Morgan fingerprint density at radius 1 is 1.26 bits per heavy atom. The van der Waals surface area contributed by atoms with Crippen molar-refractivity contribution in [1.29, 1.82) is 0 Å². The van der Waals surface area contributed by atoms with Gasteiger partial charge in [0.1, 0.15) is 17.2 Å². The van der Waals surface area contributed by atoms with Gasteiger partial charge in [0.25, 0.3) is 0 Å². The second-order valence-corrected chi connectivity index (χ2v) is 11.1. The maximum Gasteiger partial charge on any atom is 0.319 e. The van der Waals surface area contributed by atoms with Crippen LogP contribution < -0.4 is 9.64 Å². The van der Waals surface area contributed by atoms with Crippen LogP contribution in [-0.2, 0) is 9.53 Å². The second kappa shape index (κ2) is 8.29. The fraction of sp³-hybridized carbons (Fsp3) is 0.640. The third-order valence-corrected chi connectivity index (χ3v) is 7.76. The fourth-order valence-corrected chi connectivity index (χ4v) is 6.22. The summed E-state index contributed by atoms with van der Waals surface area (Å²) in [6.07, 6.45) is 4.11. The van der Waals surface area contributed by atoms with E-state index in [4.69, 9.17) is 9.47 Å². The van der Waals surface area contributed by atoms with Crippen molar-refractivity contribution < 1.29 is 23.0 Å². The Morgan fingerprint density at radius 2 is 2.06 bits per heavy atom. The van der Waals surface area contributed by atoms with Crippen molar-refractivity contribution in [3.63, 3.8) is 0 Å². The van der Waals surface area contributed by atoms with E-state index in [9.17, 15) is 13.6 Å². The summed E-state index contributed by atoms with van der Waals surface area (Å²) in [7, 11) is 5.26. The number of halogens is 2. The number of fused-ring (bicyclic) bond motifs is 3. The number of aromatic nitrogens is 2. The maximum absolute atomic E-state index is 14.8. The average Bonchev–Trinajstić information content (AvgIpc) is 3.40. The van der Waals surface area contributed by atoms with E-state index in [0.717, 1.165) is 32.0 Å². The minimum absolute atomic E-state index is 0.0460. The summed E-state index contributed by atoms with van der Waals surface area (Å²) in [5, 5.41) is 0.358. The van der Waals surface area contributed by atoms with Crippen molar-refractivity contribution in [2.24, 2.45) is 22.7 Å². The van der Waals surface area contributed by atoms with Gasteiger partial charge in [0, 0.05) is 36.5 Å². The fourth-order valence-electron chi connectivity index (χ4n) is 6.22. The van der Waals surface area contributed by atoms with Gasteiger partial charge in [0.15, 0.2) is 5.82 Å². The van der Waals surface area contributed by atoms with Gasteiger partial charge in [-0.1, -0.05) is 6.92 Å². The largest absolute Gasteiger partial charge is 0.469 e. The lowest BCUT2D eigenvalue weighted by molar-refractivity contribution is -0.143. The molecule has 2 bridgehead atoms. The van der Waals surface area contributed by atoms with Crippen LogP contribution in [0.25, 0.3) is 10.9 Å². The van der Waals surface area contributed by atoms with Gasteiger partial charge in [-0.15, -0.1) is 0 Å². The Hall–Kier alpha value is -2.55. The van der Waals surface area contributed by atoms with Crippen LogP contribution in [0.5, 0.6) is 6.01 Å². The average molecular weight is 475 g/mol. The molecule has 3 fully saturated rings. The molecule has 1 aromatic carbocycles. The molecule has 1 aromatic heterocycles. The van der Waals surface area contributed by atoms with E-state index in [1.807, 2.05) is 19.0 Å². The molecule has 5 rings (SSSR count). The number of esters is 1. The van der Waals surface area contributed by atoms with Gasteiger partial charge in [-0.05, 0) is 57.2 Å². The summed E-state index contributed by atoms with van der Waals surface area (Å²) in [6.45, 7) is 4.70. The lowest BCUT2D eigenvalue weighted by atomic mass is 9.84. The first-order valence-electron chi connectivity index (χ1n) is 11.9. The first-order chi connectivity index (χ1) is 16.1. The molecule has 1 saturated heterocycles. The topological polar surface area (TPSA) is 67.8 Å². The summed E-state index contributed by atoms with van der Waals surface area (Å²) in [6, 6.07) is 2.19. The van der Waals surface area contributed by atoms with Crippen LogP contribution in [0.4, 0.5) is 14.6 Å². The van der Waals surface area contributed by atoms with Gasteiger partial charge < -0.3 is 19.3 Å². The number of hydrogen-bond donors (Lipinski definition) is 0. The molecule has 2 saturated carbocycles. The van der Waals surface area contributed by atoms with Gasteiger partial charge in [-0.2, -0.15) is 9.97 Å². The maximum atomic E-state index is 14.8. The highest BCUT2D eigenvalue weighted by atomic mass is 19.1. The van der Waals surface area contributed by atoms with Crippen molar-refractivity contribution in [1.82, 2.24) is 14.9 Å². The molecule has 0 spiro atoms. The number of hydrogen-bond acceptors (Lipinski definition) is 7. The van der Waals surface area contributed by atoms with Crippen LogP contribution in [0.2, 0.25) is 0 Å². The molecule has 34 heavy (non-hydrogen) atoms. The molecule has 0 amide bonds. The van der Waals surface area contributed by atoms with Crippen LogP contribution >= 0.6 is 0 Å². The number of ether oxygens (including phenoxy) is 2. The Kier molecular flexibility index (Phi) is 5.66. The molecule has 7 nitrogen and oxygen atoms in total. The van der Waals surface area contributed by atoms with E-state index in [-0.39, 0.29) is 35.4 Å². The number of piperidine rings is 1. The number of carbonyl (C=O) groups is 1. The molecule has 3 aliphatic rings. The Balaban J connectivity index is 1.48. The number of nitrogens with zero attached hydrogens (tertiary/aromatic N) is 4. The monoisotopic (exact) mass is 474 g/mol. The minimum atomic E-state index is -0.739. The van der Waals surface area contributed by atoms with E-state index in [1.165, 1.54) is 19.6 Å². The molecular formula is C25H32F2N4O3. The van der Waals surface area contributed by atoms with Gasteiger partial charge >= 0.3 is 12.0 Å². The lowest BCUT2D eigenvalue weighted by Crippen LogP contribution is -2.42. The lowest BCUT2D eigenvalue weighted by Gasteiger charge is -2.39. The van der Waals surface area contributed by atoms with Gasteiger partial charge in [-0.25, -0.2) is 8.78 Å². The molecule has 2 heterocycles. The Labute approximate surface area is 198 Å². The molecule has 9 heteroatoms. The van der Waals surface area contributed by atoms with Gasteiger partial charge in [0.05, 0.1) is 19.6 Å². The number of anilines is 1. The molecule has 4 atom stereocenters. The van der Waals surface area contributed by atoms with Crippen LogP contribution in [0.1, 0.15) is 32.6 Å². The zero-order valence-electron chi connectivity index (χ0n) is 20.2. The van der Waals surface area contributed by atoms with Gasteiger partial charge in [0.2, 0.25) is 0 Å². The summed E-state index contributed by atoms with van der Waals surface area (Å²) in [4.78, 5) is 25.3. The van der Waals surface area contributed by atoms with Crippen molar-refractivity contribution in [2.75, 3.05) is 52.3 Å². The molecule has 0 N–H and O–H groups in total. The Morgan fingerprint density at radius 3 is 2.76 bits per heavy atom. The normalized spacial score (nSPS) is 30.1. The molecule has 2 aromatic rings. The summed E-state index contributed by atoms with van der Waals surface area (Å²) in [5.74, 6) is -0.858.